The number of para-hydroxylation sites is 1. The fourth-order valence-corrected chi connectivity index (χ4v) is 4.09. The average Bonchev–Trinajstić information content (AvgIpc) is 3.28. The third-order valence-corrected chi connectivity index (χ3v) is 5.63. The summed E-state index contributed by atoms with van der Waals surface area (Å²) in [5.41, 5.74) is 2.09. The Hall–Kier alpha value is -1.32. The molecule has 4 rings (SSSR count). The van der Waals surface area contributed by atoms with Crippen LogP contribution in [-0.4, -0.2) is 55.8 Å². The fraction of sp³-hybridized carbons (Fsp3) is 0.571. The van der Waals surface area contributed by atoms with E-state index < -0.39 is 0 Å². The van der Waals surface area contributed by atoms with Crippen molar-refractivity contribution < 1.29 is 9.15 Å². The predicted octanol–water partition coefficient (Wildman–Crippen LogP) is 3.28. The molecule has 2 aromatic rings. The first-order valence-corrected chi connectivity index (χ1v) is 10.1. The van der Waals surface area contributed by atoms with Gasteiger partial charge in [0, 0.05) is 36.6 Å². The molecule has 0 amide bonds. The summed E-state index contributed by atoms with van der Waals surface area (Å²) in [6.45, 7) is 9.38. The van der Waals surface area contributed by atoms with Crippen molar-refractivity contribution in [3.8, 4) is 0 Å². The third-order valence-electron chi connectivity index (χ3n) is 5.63. The maximum Gasteiger partial charge on any atom is 0.191 e. The van der Waals surface area contributed by atoms with Gasteiger partial charge in [0.15, 0.2) is 5.96 Å². The van der Waals surface area contributed by atoms with Gasteiger partial charge in [0.1, 0.15) is 17.9 Å². The number of aryl methyl sites for hydroxylation is 1. The Morgan fingerprint density at radius 3 is 2.96 bits per heavy atom. The first kappa shape index (κ1) is 21.4. The van der Waals surface area contributed by atoms with Crippen molar-refractivity contribution in [2.24, 2.45) is 4.99 Å². The second-order valence-corrected chi connectivity index (χ2v) is 7.47. The highest BCUT2D eigenvalue weighted by atomic mass is 127. The number of rotatable bonds is 5. The average molecular weight is 498 g/mol. The summed E-state index contributed by atoms with van der Waals surface area (Å²) in [4.78, 5) is 7.29. The summed E-state index contributed by atoms with van der Waals surface area (Å²) in [5.74, 6) is 1.73. The van der Waals surface area contributed by atoms with Crippen molar-refractivity contribution in [1.82, 2.24) is 15.5 Å². The summed E-state index contributed by atoms with van der Waals surface area (Å²) < 4.78 is 12.0. The van der Waals surface area contributed by atoms with Crippen molar-refractivity contribution in [3.05, 3.63) is 35.6 Å². The Labute approximate surface area is 184 Å². The van der Waals surface area contributed by atoms with Gasteiger partial charge in [-0.1, -0.05) is 18.2 Å². The van der Waals surface area contributed by atoms with Gasteiger partial charge in [0.2, 0.25) is 0 Å². The lowest BCUT2D eigenvalue weighted by atomic mass is 10.1. The summed E-state index contributed by atoms with van der Waals surface area (Å²) in [5, 5.41) is 7.92. The van der Waals surface area contributed by atoms with Crippen LogP contribution in [0.4, 0.5) is 0 Å². The van der Waals surface area contributed by atoms with Crippen LogP contribution in [0, 0.1) is 6.92 Å². The van der Waals surface area contributed by atoms with Gasteiger partial charge in [-0.05, 0) is 39.3 Å². The highest BCUT2D eigenvalue weighted by Gasteiger charge is 2.32. The van der Waals surface area contributed by atoms with Crippen LogP contribution in [0.2, 0.25) is 0 Å². The highest BCUT2D eigenvalue weighted by Crippen LogP contribution is 2.25. The van der Waals surface area contributed by atoms with E-state index >= 15 is 0 Å². The maximum absolute atomic E-state index is 6.04. The van der Waals surface area contributed by atoms with Gasteiger partial charge in [0.05, 0.1) is 12.7 Å². The minimum atomic E-state index is 0. The smallest absolute Gasteiger partial charge is 0.191 e. The van der Waals surface area contributed by atoms with Gasteiger partial charge in [-0.25, -0.2) is 4.99 Å². The van der Waals surface area contributed by atoms with E-state index in [0.29, 0.717) is 12.6 Å². The number of benzene rings is 1. The SMILES string of the molecule is CCNC(=NCc1oc2ccccc2c1C)NCC1CN2CCCC2CO1.I. The molecule has 1 aromatic carbocycles. The number of ether oxygens (including phenoxy) is 1. The van der Waals surface area contributed by atoms with E-state index in [1.54, 1.807) is 0 Å². The molecule has 2 aliphatic rings. The number of nitrogens with one attached hydrogen (secondary N) is 2. The molecule has 154 valence electrons. The molecule has 3 heterocycles. The monoisotopic (exact) mass is 498 g/mol. The molecule has 2 saturated heterocycles. The molecule has 1 aromatic heterocycles. The van der Waals surface area contributed by atoms with Crippen LogP contribution in [0.3, 0.4) is 0 Å². The lowest BCUT2D eigenvalue weighted by Gasteiger charge is -2.35. The van der Waals surface area contributed by atoms with Gasteiger partial charge in [-0.3, -0.25) is 4.90 Å². The standard InChI is InChI=1S/C21H30N4O2.HI/c1-3-22-21(23-11-17-13-25-10-6-7-16(25)14-26-17)24-12-20-15(2)18-8-4-5-9-19(18)27-20;/h4-5,8-9,16-17H,3,6-7,10-14H2,1-2H3,(H2,22,23,24);1H. The van der Waals surface area contributed by atoms with E-state index in [9.17, 15) is 0 Å². The molecule has 2 fully saturated rings. The van der Waals surface area contributed by atoms with Crippen molar-refractivity contribution in [2.75, 3.05) is 32.8 Å². The van der Waals surface area contributed by atoms with Crippen LogP contribution in [0.1, 0.15) is 31.1 Å². The quantitative estimate of drug-likeness (QED) is 0.377. The van der Waals surface area contributed by atoms with Crippen molar-refractivity contribution >= 4 is 40.9 Å². The van der Waals surface area contributed by atoms with Gasteiger partial charge < -0.3 is 19.8 Å². The molecule has 0 aliphatic carbocycles. The van der Waals surface area contributed by atoms with E-state index in [1.165, 1.54) is 24.9 Å². The summed E-state index contributed by atoms with van der Waals surface area (Å²) >= 11 is 0. The largest absolute Gasteiger partial charge is 0.459 e. The number of hydrogen-bond acceptors (Lipinski definition) is 4. The summed E-state index contributed by atoms with van der Waals surface area (Å²) in [6.07, 6.45) is 2.80. The van der Waals surface area contributed by atoms with E-state index in [-0.39, 0.29) is 30.1 Å². The number of halogens is 1. The molecule has 2 unspecified atom stereocenters. The Bertz CT molecular complexity index is 807. The summed E-state index contributed by atoms with van der Waals surface area (Å²) in [7, 11) is 0. The molecule has 0 saturated carbocycles. The summed E-state index contributed by atoms with van der Waals surface area (Å²) in [6, 6.07) is 8.78. The first-order valence-electron chi connectivity index (χ1n) is 10.1. The molecule has 2 atom stereocenters. The van der Waals surface area contributed by atoms with Crippen molar-refractivity contribution in [1.29, 1.82) is 0 Å². The molecule has 0 radical (unpaired) electrons. The molecule has 6 nitrogen and oxygen atoms in total. The lowest BCUT2D eigenvalue weighted by molar-refractivity contribution is -0.0453. The number of morpholine rings is 1. The van der Waals surface area contributed by atoms with Crippen LogP contribution in [-0.2, 0) is 11.3 Å². The molecule has 2 aliphatic heterocycles. The Morgan fingerprint density at radius 2 is 2.14 bits per heavy atom. The van der Waals surface area contributed by atoms with Crippen LogP contribution in [0.25, 0.3) is 11.0 Å². The number of furan rings is 1. The zero-order chi connectivity index (χ0) is 18.6. The highest BCUT2D eigenvalue weighted by molar-refractivity contribution is 14.0. The van der Waals surface area contributed by atoms with Crippen LogP contribution < -0.4 is 10.6 Å². The van der Waals surface area contributed by atoms with E-state index in [1.807, 2.05) is 18.2 Å². The molecular formula is C21H31IN4O2. The number of nitrogens with zero attached hydrogens (tertiary/aromatic N) is 2. The molecular weight excluding hydrogens is 467 g/mol. The molecule has 0 bridgehead atoms. The normalized spacial score (nSPS) is 22.7. The van der Waals surface area contributed by atoms with E-state index in [4.69, 9.17) is 14.1 Å². The number of fused-ring (bicyclic) bond motifs is 2. The van der Waals surface area contributed by atoms with E-state index in [2.05, 4.69) is 35.4 Å². The molecule has 2 N–H and O–H groups in total. The fourth-order valence-electron chi connectivity index (χ4n) is 4.09. The zero-order valence-electron chi connectivity index (χ0n) is 16.7. The second-order valence-electron chi connectivity index (χ2n) is 7.47. The Morgan fingerprint density at radius 1 is 1.29 bits per heavy atom. The van der Waals surface area contributed by atoms with E-state index in [0.717, 1.165) is 48.9 Å². The zero-order valence-corrected chi connectivity index (χ0v) is 19.1. The van der Waals surface area contributed by atoms with Crippen molar-refractivity contribution in [3.63, 3.8) is 0 Å². The lowest BCUT2D eigenvalue weighted by Crippen LogP contribution is -2.51. The van der Waals surface area contributed by atoms with Gasteiger partial charge in [0.25, 0.3) is 0 Å². The van der Waals surface area contributed by atoms with Crippen LogP contribution in [0.5, 0.6) is 0 Å². The number of guanidine groups is 1. The molecule has 7 heteroatoms. The molecule has 28 heavy (non-hydrogen) atoms. The minimum Gasteiger partial charge on any atom is -0.459 e. The van der Waals surface area contributed by atoms with Crippen molar-refractivity contribution in [2.45, 2.75) is 45.4 Å². The number of aliphatic imine (C=N–C) groups is 1. The third kappa shape index (κ3) is 4.80. The second kappa shape index (κ2) is 9.93. The first-order chi connectivity index (χ1) is 13.2. The number of hydrogen-bond donors (Lipinski definition) is 2. The minimum absolute atomic E-state index is 0. The molecule has 0 spiro atoms. The maximum atomic E-state index is 6.04. The topological polar surface area (TPSA) is 62.0 Å². The van der Waals surface area contributed by atoms with Gasteiger partial charge in [-0.15, -0.1) is 24.0 Å². The Balaban J connectivity index is 0.00000225. The van der Waals surface area contributed by atoms with Gasteiger partial charge >= 0.3 is 0 Å². The Kier molecular flexibility index (Phi) is 7.59. The van der Waals surface area contributed by atoms with Crippen LogP contribution >= 0.6 is 24.0 Å². The predicted molar refractivity (Wildman–Crippen MR) is 124 cm³/mol. The van der Waals surface area contributed by atoms with Crippen LogP contribution in [0.15, 0.2) is 33.7 Å². The van der Waals surface area contributed by atoms with Gasteiger partial charge in [-0.2, -0.15) is 0 Å².